The molecule has 1 unspecified atom stereocenters. The fraction of sp³-hybridized carbons (Fsp3) is 0.400. The van der Waals surface area contributed by atoms with Gasteiger partial charge in [0.25, 0.3) is 5.91 Å². The summed E-state index contributed by atoms with van der Waals surface area (Å²) in [5, 5.41) is 9.09. The Morgan fingerprint density at radius 3 is 2.81 bits per heavy atom. The third-order valence-electron chi connectivity index (χ3n) is 5.23. The molecule has 2 aliphatic rings. The van der Waals surface area contributed by atoms with Crippen LogP contribution in [0.4, 0.5) is 5.82 Å². The molecule has 0 bridgehead atoms. The summed E-state index contributed by atoms with van der Waals surface area (Å²) in [4.78, 5) is 26.6. The Labute approximate surface area is 153 Å². The van der Waals surface area contributed by atoms with Crippen molar-refractivity contribution >= 4 is 11.7 Å². The number of fused-ring (bicyclic) bond motifs is 1. The first-order chi connectivity index (χ1) is 12.6. The molecule has 1 atom stereocenters. The number of hydrogen-bond donors (Lipinski definition) is 0. The molecule has 1 fully saturated rings. The summed E-state index contributed by atoms with van der Waals surface area (Å²) in [6, 6.07) is 8.89. The zero-order chi connectivity index (χ0) is 18.3. The molecule has 2 aliphatic heterocycles. The average Bonchev–Trinajstić information content (AvgIpc) is 2.96. The maximum Gasteiger partial charge on any atom is 0.254 e. The van der Waals surface area contributed by atoms with Crippen LogP contribution in [0, 0.1) is 11.3 Å². The molecule has 3 heterocycles. The second-order valence-corrected chi connectivity index (χ2v) is 6.82. The standard InChI is InChI=1S/C20H21N5O/c1-3-17-22-16-12-25(20(26)15-7-4-6-14(10-15)11-21)13(2)18(16)19(23-17)24-8-5-9-24/h4,6-7,10,13H,3,5,8-9,12H2,1-2H3. The van der Waals surface area contributed by atoms with Crippen molar-refractivity contribution in [2.24, 2.45) is 0 Å². The van der Waals surface area contributed by atoms with Gasteiger partial charge in [-0.2, -0.15) is 5.26 Å². The lowest BCUT2D eigenvalue weighted by atomic mass is 10.1. The molecule has 0 aliphatic carbocycles. The van der Waals surface area contributed by atoms with E-state index in [1.807, 2.05) is 11.8 Å². The first-order valence-corrected chi connectivity index (χ1v) is 9.08. The molecule has 0 N–H and O–H groups in total. The zero-order valence-electron chi connectivity index (χ0n) is 15.1. The number of aromatic nitrogens is 2. The molecular weight excluding hydrogens is 326 g/mol. The highest BCUT2D eigenvalue weighted by molar-refractivity contribution is 5.95. The van der Waals surface area contributed by atoms with Crippen LogP contribution < -0.4 is 4.90 Å². The van der Waals surface area contributed by atoms with Crippen LogP contribution in [0.25, 0.3) is 0 Å². The van der Waals surface area contributed by atoms with Crippen molar-refractivity contribution in [1.82, 2.24) is 14.9 Å². The lowest BCUT2D eigenvalue weighted by Gasteiger charge is -2.34. The molecule has 4 rings (SSSR count). The highest BCUT2D eigenvalue weighted by atomic mass is 16.2. The highest BCUT2D eigenvalue weighted by Gasteiger charge is 2.37. The van der Waals surface area contributed by atoms with Gasteiger partial charge in [0.15, 0.2) is 0 Å². The SMILES string of the molecule is CCc1nc2c(c(N3CCC3)n1)C(C)N(C(=O)c1cccc(C#N)c1)C2. The van der Waals surface area contributed by atoms with Crippen molar-refractivity contribution in [3.05, 3.63) is 52.5 Å². The second kappa shape index (κ2) is 6.41. The number of nitriles is 1. The van der Waals surface area contributed by atoms with Crippen LogP contribution in [0.2, 0.25) is 0 Å². The van der Waals surface area contributed by atoms with Gasteiger partial charge in [-0.3, -0.25) is 4.79 Å². The number of carbonyl (C=O) groups is 1. The second-order valence-electron chi connectivity index (χ2n) is 6.82. The van der Waals surface area contributed by atoms with Gasteiger partial charge >= 0.3 is 0 Å². The number of anilines is 1. The maximum atomic E-state index is 13.1. The molecule has 2 aromatic rings. The van der Waals surface area contributed by atoms with Gasteiger partial charge in [-0.05, 0) is 31.5 Å². The quantitative estimate of drug-likeness (QED) is 0.853. The molecule has 1 aromatic heterocycles. The van der Waals surface area contributed by atoms with Crippen molar-refractivity contribution in [3.63, 3.8) is 0 Å². The van der Waals surface area contributed by atoms with E-state index in [1.54, 1.807) is 24.3 Å². The fourth-order valence-corrected chi connectivity index (χ4v) is 3.62. The topological polar surface area (TPSA) is 73.1 Å². The molecule has 26 heavy (non-hydrogen) atoms. The molecule has 0 radical (unpaired) electrons. The third-order valence-corrected chi connectivity index (χ3v) is 5.23. The van der Waals surface area contributed by atoms with Crippen LogP contribution in [0.5, 0.6) is 0 Å². The molecule has 6 nitrogen and oxygen atoms in total. The molecular formula is C20H21N5O. The molecule has 132 valence electrons. The van der Waals surface area contributed by atoms with E-state index in [0.717, 1.165) is 42.4 Å². The van der Waals surface area contributed by atoms with E-state index in [-0.39, 0.29) is 11.9 Å². The molecule has 0 spiro atoms. The predicted molar refractivity (Wildman–Crippen MR) is 97.7 cm³/mol. The molecule has 1 saturated heterocycles. The summed E-state index contributed by atoms with van der Waals surface area (Å²) < 4.78 is 0. The number of amides is 1. The summed E-state index contributed by atoms with van der Waals surface area (Å²) in [5.41, 5.74) is 3.06. The Kier molecular flexibility index (Phi) is 4.08. The minimum atomic E-state index is -0.0789. The maximum absolute atomic E-state index is 13.1. The van der Waals surface area contributed by atoms with Crippen LogP contribution in [0.15, 0.2) is 24.3 Å². The number of aryl methyl sites for hydroxylation is 1. The number of rotatable bonds is 3. The van der Waals surface area contributed by atoms with Crippen molar-refractivity contribution in [1.29, 1.82) is 5.26 Å². The van der Waals surface area contributed by atoms with Crippen molar-refractivity contribution in [2.75, 3.05) is 18.0 Å². The Bertz CT molecular complexity index is 913. The van der Waals surface area contributed by atoms with Gasteiger partial charge in [-0.15, -0.1) is 0 Å². The van der Waals surface area contributed by atoms with Gasteiger partial charge < -0.3 is 9.80 Å². The Hall–Kier alpha value is -2.94. The van der Waals surface area contributed by atoms with E-state index in [9.17, 15) is 4.79 Å². The van der Waals surface area contributed by atoms with Gasteiger partial charge in [0, 0.05) is 30.6 Å². The summed E-state index contributed by atoms with van der Waals surface area (Å²) in [6.07, 6.45) is 1.96. The number of carbonyl (C=O) groups excluding carboxylic acids is 1. The van der Waals surface area contributed by atoms with E-state index < -0.39 is 0 Å². The van der Waals surface area contributed by atoms with Gasteiger partial charge in [0.05, 0.1) is 29.9 Å². The summed E-state index contributed by atoms with van der Waals surface area (Å²) in [7, 11) is 0. The largest absolute Gasteiger partial charge is 0.356 e. The highest BCUT2D eigenvalue weighted by Crippen LogP contribution is 2.40. The number of benzene rings is 1. The molecule has 1 amide bonds. The van der Waals surface area contributed by atoms with Gasteiger partial charge in [0.2, 0.25) is 0 Å². The minimum Gasteiger partial charge on any atom is -0.356 e. The van der Waals surface area contributed by atoms with Gasteiger partial charge in [-0.1, -0.05) is 13.0 Å². The van der Waals surface area contributed by atoms with Gasteiger partial charge in [0.1, 0.15) is 11.6 Å². The van der Waals surface area contributed by atoms with Crippen molar-refractivity contribution in [3.8, 4) is 6.07 Å². The smallest absolute Gasteiger partial charge is 0.254 e. The lowest BCUT2D eigenvalue weighted by molar-refractivity contribution is 0.0704. The van der Waals surface area contributed by atoms with E-state index in [4.69, 9.17) is 15.2 Å². The van der Waals surface area contributed by atoms with E-state index in [0.29, 0.717) is 17.7 Å². The van der Waals surface area contributed by atoms with Gasteiger partial charge in [-0.25, -0.2) is 9.97 Å². The first-order valence-electron chi connectivity index (χ1n) is 9.08. The number of nitrogens with zero attached hydrogens (tertiary/aromatic N) is 5. The first kappa shape index (κ1) is 16.5. The summed E-state index contributed by atoms with van der Waals surface area (Å²) in [6.45, 7) is 6.60. The van der Waals surface area contributed by atoms with Crippen LogP contribution in [-0.2, 0) is 13.0 Å². The lowest BCUT2D eigenvalue weighted by Crippen LogP contribution is -2.39. The normalized spacial score (nSPS) is 18.3. The van der Waals surface area contributed by atoms with Crippen LogP contribution >= 0.6 is 0 Å². The summed E-state index contributed by atoms with van der Waals surface area (Å²) >= 11 is 0. The summed E-state index contributed by atoms with van der Waals surface area (Å²) in [5.74, 6) is 1.76. The Morgan fingerprint density at radius 2 is 2.15 bits per heavy atom. The predicted octanol–water partition coefficient (Wildman–Crippen LogP) is 2.84. The zero-order valence-corrected chi connectivity index (χ0v) is 15.1. The van der Waals surface area contributed by atoms with Crippen molar-refractivity contribution in [2.45, 2.75) is 39.3 Å². The minimum absolute atomic E-state index is 0.0693. The Morgan fingerprint density at radius 1 is 1.35 bits per heavy atom. The van der Waals surface area contributed by atoms with E-state index in [1.165, 1.54) is 6.42 Å². The fourth-order valence-electron chi connectivity index (χ4n) is 3.62. The average molecular weight is 347 g/mol. The van der Waals surface area contributed by atoms with Crippen molar-refractivity contribution < 1.29 is 4.79 Å². The molecule has 0 saturated carbocycles. The monoisotopic (exact) mass is 347 g/mol. The number of hydrogen-bond acceptors (Lipinski definition) is 5. The third kappa shape index (κ3) is 2.60. The van der Waals surface area contributed by atoms with Crippen LogP contribution in [0.3, 0.4) is 0 Å². The van der Waals surface area contributed by atoms with E-state index >= 15 is 0 Å². The van der Waals surface area contributed by atoms with Crippen LogP contribution in [-0.4, -0.2) is 33.9 Å². The molecule has 1 aromatic carbocycles. The van der Waals surface area contributed by atoms with Crippen LogP contribution in [0.1, 0.15) is 59.3 Å². The molecule has 6 heteroatoms. The van der Waals surface area contributed by atoms with E-state index in [2.05, 4.69) is 17.9 Å². The Balaban J connectivity index is 1.70.